The third-order valence-corrected chi connectivity index (χ3v) is 4.03. The van der Waals surface area contributed by atoms with Crippen molar-refractivity contribution in [3.05, 3.63) is 59.9 Å². The fourth-order valence-electron chi connectivity index (χ4n) is 2.66. The van der Waals surface area contributed by atoms with Crippen molar-refractivity contribution < 1.29 is 9.53 Å². The Morgan fingerprint density at radius 2 is 1.96 bits per heavy atom. The molecular weight excluding hydrogens is 302 g/mol. The van der Waals surface area contributed by atoms with Crippen LogP contribution < -0.4 is 4.74 Å². The molecule has 3 aromatic rings. The predicted molar refractivity (Wildman–Crippen MR) is 93.9 cm³/mol. The van der Waals surface area contributed by atoms with E-state index in [9.17, 15) is 4.79 Å². The number of likely N-dealkylation sites (N-methyl/N-ethyl adjacent to an activating group) is 1. The summed E-state index contributed by atoms with van der Waals surface area (Å²) < 4.78 is 7.42. The summed E-state index contributed by atoms with van der Waals surface area (Å²) in [5, 5.41) is 6.55. The van der Waals surface area contributed by atoms with Crippen molar-refractivity contribution in [1.29, 1.82) is 0 Å². The fourth-order valence-corrected chi connectivity index (χ4v) is 2.66. The number of carbonyl (C=O) groups excluding carboxylic acids is 1. The minimum Gasteiger partial charge on any atom is -0.484 e. The zero-order chi connectivity index (χ0) is 17.1. The molecule has 0 radical (unpaired) electrons. The largest absolute Gasteiger partial charge is 0.484 e. The molecule has 24 heavy (non-hydrogen) atoms. The molecule has 0 saturated heterocycles. The van der Waals surface area contributed by atoms with E-state index in [0.717, 1.165) is 22.0 Å². The van der Waals surface area contributed by atoms with Gasteiger partial charge in [-0.1, -0.05) is 30.3 Å². The highest BCUT2D eigenvalue weighted by Gasteiger charge is 2.13. The molecule has 5 heteroatoms. The van der Waals surface area contributed by atoms with Crippen LogP contribution in [0.25, 0.3) is 10.8 Å². The van der Waals surface area contributed by atoms with Crippen LogP contribution in [0.15, 0.2) is 48.7 Å². The Morgan fingerprint density at radius 1 is 1.21 bits per heavy atom. The highest BCUT2D eigenvalue weighted by molar-refractivity contribution is 5.84. The van der Waals surface area contributed by atoms with Gasteiger partial charge in [-0.3, -0.25) is 9.48 Å². The second-order valence-corrected chi connectivity index (χ2v) is 5.96. The summed E-state index contributed by atoms with van der Waals surface area (Å²) in [4.78, 5) is 13.9. The van der Waals surface area contributed by atoms with E-state index >= 15 is 0 Å². The Bertz CT molecular complexity index is 870. The lowest BCUT2D eigenvalue weighted by Crippen LogP contribution is -2.31. The highest BCUT2D eigenvalue weighted by Crippen LogP contribution is 2.20. The molecule has 0 fully saturated rings. The van der Waals surface area contributed by atoms with Crippen LogP contribution in [0.2, 0.25) is 0 Å². The monoisotopic (exact) mass is 323 g/mol. The van der Waals surface area contributed by atoms with Gasteiger partial charge in [0.15, 0.2) is 6.61 Å². The minimum atomic E-state index is -0.0635. The van der Waals surface area contributed by atoms with Crippen LogP contribution in [0, 0.1) is 6.92 Å². The van der Waals surface area contributed by atoms with E-state index in [1.54, 1.807) is 16.6 Å². The molecule has 0 saturated carbocycles. The van der Waals surface area contributed by atoms with E-state index < -0.39 is 0 Å². The number of benzene rings is 2. The summed E-state index contributed by atoms with van der Waals surface area (Å²) >= 11 is 0. The third-order valence-electron chi connectivity index (χ3n) is 4.03. The second kappa shape index (κ2) is 6.74. The van der Waals surface area contributed by atoms with Gasteiger partial charge < -0.3 is 9.64 Å². The number of nitrogens with zero attached hydrogens (tertiary/aromatic N) is 3. The molecule has 1 heterocycles. The number of hydrogen-bond donors (Lipinski definition) is 0. The van der Waals surface area contributed by atoms with Crippen molar-refractivity contribution in [2.45, 2.75) is 13.5 Å². The van der Waals surface area contributed by atoms with Crippen LogP contribution >= 0.6 is 0 Å². The fraction of sp³-hybridized carbons (Fsp3) is 0.263. The van der Waals surface area contributed by atoms with Gasteiger partial charge in [0.1, 0.15) is 5.75 Å². The first-order valence-corrected chi connectivity index (χ1v) is 7.87. The number of ether oxygens (including phenoxy) is 1. The molecule has 0 spiro atoms. The summed E-state index contributed by atoms with van der Waals surface area (Å²) in [6.45, 7) is 2.49. The van der Waals surface area contributed by atoms with E-state index in [1.807, 2.05) is 62.6 Å². The number of aromatic nitrogens is 2. The lowest BCUT2D eigenvalue weighted by atomic mass is 10.1. The lowest BCUT2D eigenvalue weighted by molar-refractivity contribution is -0.132. The van der Waals surface area contributed by atoms with Crippen LogP contribution in [0.1, 0.15) is 11.3 Å². The first-order chi connectivity index (χ1) is 11.5. The number of rotatable bonds is 5. The Hall–Kier alpha value is -2.82. The van der Waals surface area contributed by atoms with Crippen molar-refractivity contribution in [3.63, 3.8) is 0 Å². The number of hydrogen-bond acceptors (Lipinski definition) is 3. The SMILES string of the molecule is Cc1nn(C)cc1CN(C)C(=O)COc1ccc2ccccc2c1. The van der Waals surface area contributed by atoms with E-state index in [4.69, 9.17) is 4.74 Å². The minimum absolute atomic E-state index is 0.0220. The summed E-state index contributed by atoms with van der Waals surface area (Å²) in [6, 6.07) is 13.9. The molecule has 0 aliphatic heterocycles. The van der Waals surface area contributed by atoms with Gasteiger partial charge in [-0.25, -0.2) is 0 Å². The van der Waals surface area contributed by atoms with Crippen molar-refractivity contribution in [1.82, 2.24) is 14.7 Å². The molecule has 5 nitrogen and oxygen atoms in total. The zero-order valence-corrected chi connectivity index (χ0v) is 14.2. The molecule has 1 aromatic heterocycles. The molecule has 0 aliphatic rings. The molecule has 1 amide bonds. The summed E-state index contributed by atoms with van der Waals surface area (Å²) in [5.41, 5.74) is 1.98. The van der Waals surface area contributed by atoms with Crippen LogP contribution in [0.3, 0.4) is 0 Å². The van der Waals surface area contributed by atoms with Crippen LogP contribution in [-0.2, 0) is 18.4 Å². The Morgan fingerprint density at radius 3 is 2.67 bits per heavy atom. The Balaban J connectivity index is 1.60. The number of amides is 1. The van der Waals surface area contributed by atoms with Gasteiger partial charge in [0.25, 0.3) is 5.91 Å². The molecule has 124 valence electrons. The van der Waals surface area contributed by atoms with Crippen molar-refractivity contribution >= 4 is 16.7 Å². The average molecular weight is 323 g/mol. The van der Waals surface area contributed by atoms with E-state index in [2.05, 4.69) is 5.10 Å². The molecule has 3 rings (SSSR count). The smallest absolute Gasteiger partial charge is 0.260 e. The number of aryl methyl sites for hydroxylation is 2. The molecule has 0 bridgehead atoms. The van der Waals surface area contributed by atoms with Crippen LogP contribution in [0.5, 0.6) is 5.75 Å². The Kier molecular flexibility index (Phi) is 4.51. The molecule has 2 aromatic carbocycles. The van der Waals surface area contributed by atoms with Crippen LogP contribution in [-0.4, -0.2) is 34.2 Å². The van der Waals surface area contributed by atoms with E-state index in [1.165, 1.54) is 0 Å². The summed E-state index contributed by atoms with van der Waals surface area (Å²) in [6.07, 6.45) is 1.93. The third kappa shape index (κ3) is 3.56. The zero-order valence-electron chi connectivity index (χ0n) is 14.2. The first kappa shape index (κ1) is 16.1. The summed E-state index contributed by atoms with van der Waals surface area (Å²) in [5.74, 6) is 0.638. The van der Waals surface area contributed by atoms with Crippen LogP contribution in [0.4, 0.5) is 0 Å². The Labute approximate surface area is 141 Å². The number of fused-ring (bicyclic) bond motifs is 1. The van der Waals surface area contributed by atoms with Gasteiger partial charge in [-0.15, -0.1) is 0 Å². The van der Waals surface area contributed by atoms with Crippen molar-refractivity contribution in [2.24, 2.45) is 7.05 Å². The topological polar surface area (TPSA) is 47.4 Å². The first-order valence-electron chi connectivity index (χ1n) is 7.87. The van der Waals surface area contributed by atoms with Gasteiger partial charge in [-0.05, 0) is 29.8 Å². The maximum atomic E-state index is 12.3. The lowest BCUT2D eigenvalue weighted by Gasteiger charge is -2.17. The molecule has 0 unspecified atom stereocenters. The maximum Gasteiger partial charge on any atom is 0.260 e. The van der Waals surface area contributed by atoms with Gasteiger partial charge in [0, 0.05) is 32.4 Å². The van der Waals surface area contributed by atoms with Gasteiger partial charge >= 0.3 is 0 Å². The summed E-state index contributed by atoms with van der Waals surface area (Å²) in [7, 11) is 3.65. The molecule has 0 N–H and O–H groups in total. The van der Waals surface area contributed by atoms with Gasteiger partial charge in [0.2, 0.25) is 0 Å². The average Bonchev–Trinajstić information content (AvgIpc) is 2.89. The normalized spacial score (nSPS) is 10.8. The predicted octanol–water partition coefficient (Wildman–Crippen LogP) is 2.92. The maximum absolute atomic E-state index is 12.3. The van der Waals surface area contributed by atoms with Gasteiger partial charge in [0.05, 0.1) is 5.69 Å². The standard InChI is InChI=1S/C19H21N3O2/c1-14-17(12-22(3)20-14)11-21(2)19(23)13-24-18-9-8-15-6-4-5-7-16(15)10-18/h4-10,12H,11,13H2,1-3H3. The quantitative estimate of drug-likeness (QED) is 0.725. The molecule has 0 atom stereocenters. The highest BCUT2D eigenvalue weighted by atomic mass is 16.5. The van der Waals surface area contributed by atoms with Crippen molar-refractivity contribution in [3.8, 4) is 5.75 Å². The van der Waals surface area contributed by atoms with E-state index in [-0.39, 0.29) is 12.5 Å². The van der Waals surface area contributed by atoms with Gasteiger partial charge in [-0.2, -0.15) is 5.10 Å². The second-order valence-electron chi connectivity index (χ2n) is 5.96. The van der Waals surface area contributed by atoms with Crippen molar-refractivity contribution in [2.75, 3.05) is 13.7 Å². The number of carbonyl (C=O) groups is 1. The molecular formula is C19H21N3O2. The molecule has 0 aliphatic carbocycles. The van der Waals surface area contributed by atoms with E-state index in [0.29, 0.717) is 12.3 Å².